The van der Waals surface area contributed by atoms with Gasteiger partial charge >= 0.3 is 17.9 Å². The van der Waals surface area contributed by atoms with Crippen molar-refractivity contribution in [1.29, 1.82) is 0 Å². The van der Waals surface area contributed by atoms with Gasteiger partial charge in [-0.2, -0.15) is 0 Å². The van der Waals surface area contributed by atoms with E-state index in [2.05, 4.69) is 6.92 Å². The van der Waals surface area contributed by atoms with E-state index in [4.69, 9.17) is 14.2 Å². The second-order valence-electron chi connectivity index (χ2n) is 15.7. The van der Waals surface area contributed by atoms with Crippen LogP contribution in [0.25, 0.3) is 0 Å². The molecule has 0 aromatic heterocycles. The lowest BCUT2D eigenvalue weighted by molar-refractivity contribution is -0.158. The first-order chi connectivity index (χ1) is 27.3. The van der Waals surface area contributed by atoms with Gasteiger partial charge in [0.1, 0.15) is 12.4 Å². The Labute approximate surface area is 328 Å². The van der Waals surface area contributed by atoms with Crippen LogP contribution in [0.2, 0.25) is 0 Å². The molecule has 0 amide bonds. The van der Waals surface area contributed by atoms with Gasteiger partial charge in [0.05, 0.1) is 17.0 Å². The third-order valence-electron chi connectivity index (χ3n) is 12.1. The molecule has 0 bridgehead atoms. The SMILES string of the molecule is CCCCC[C@H]1CC[C@@H](C2CCC(C(=O)OC(COC(=O)c3ccc(OC(=O)c4ccc5c(c4)C(=O)c4ccccc4C5=O)cc3)c3ccccc3)CC2)CC1. The van der Waals surface area contributed by atoms with Gasteiger partial charge in [0.2, 0.25) is 0 Å². The Morgan fingerprint density at radius 2 is 1.21 bits per heavy atom. The van der Waals surface area contributed by atoms with Crippen LogP contribution in [0, 0.1) is 23.7 Å². The average Bonchev–Trinajstić information content (AvgIpc) is 3.25. The number of fused-ring (bicyclic) bond motifs is 2. The molecule has 7 rings (SSSR count). The van der Waals surface area contributed by atoms with Crippen LogP contribution in [0.4, 0.5) is 0 Å². The predicted octanol–water partition coefficient (Wildman–Crippen LogP) is 10.3. The molecule has 3 aliphatic carbocycles. The topological polar surface area (TPSA) is 113 Å². The highest BCUT2D eigenvalue weighted by Crippen LogP contribution is 2.43. The summed E-state index contributed by atoms with van der Waals surface area (Å²) in [5.74, 6) is 0.210. The molecule has 0 saturated heterocycles. The molecular weight excluding hydrogens is 705 g/mol. The lowest BCUT2D eigenvalue weighted by Crippen LogP contribution is -2.30. The summed E-state index contributed by atoms with van der Waals surface area (Å²) in [4.78, 5) is 65.7. The van der Waals surface area contributed by atoms with Gasteiger partial charge < -0.3 is 14.2 Å². The van der Waals surface area contributed by atoms with E-state index >= 15 is 0 Å². The third kappa shape index (κ3) is 9.01. The summed E-state index contributed by atoms with van der Waals surface area (Å²) in [6.07, 6.45) is 13.8. The zero-order chi connectivity index (χ0) is 39.0. The molecule has 0 N–H and O–H groups in total. The maximum absolute atomic E-state index is 13.5. The lowest BCUT2D eigenvalue weighted by Gasteiger charge is -2.37. The molecule has 2 fully saturated rings. The second-order valence-corrected chi connectivity index (χ2v) is 15.7. The number of carbonyl (C=O) groups excluding carboxylic acids is 5. The van der Waals surface area contributed by atoms with Gasteiger partial charge in [-0.25, -0.2) is 9.59 Å². The van der Waals surface area contributed by atoms with Gasteiger partial charge in [-0.15, -0.1) is 0 Å². The van der Waals surface area contributed by atoms with Crippen molar-refractivity contribution in [3.05, 3.63) is 136 Å². The van der Waals surface area contributed by atoms with Gasteiger partial charge in [0.25, 0.3) is 0 Å². The van der Waals surface area contributed by atoms with E-state index in [-0.39, 0.29) is 58.1 Å². The largest absolute Gasteiger partial charge is 0.458 e. The molecule has 4 aromatic carbocycles. The summed E-state index contributed by atoms with van der Waals surface area (Å²) in [6.45, 7) is 2.12. The number of unbranched alkanes of at least 4 members (excludes halogenated alkanes) is 2. The molecule has 8 heteroatoms. The van der Waals surface area contributed by atoms with Crippen LogP contribution >= 0.6 is 0 Å². The molecule has 0 heterocycles. The number of hydrogen-bond donors (Lipinski definition) is 0. The Balaban J connectivity index is 0.906. The summed E-state index contributed by atoms with van der Waals surface area (Å²) in [7, 11) is 0. The van der Waals surface area contributed by atoms with Gasteiger partial charge in [-0.1, -0.05) is 100 Å². The van der Waals surface area contributed by atoms with Crippen LogP contribution in [0.1, 0.15) is 148 Å². The van der Waals surface area contributed by atoms with Crippen molar-refractivity contribution in [2.45, 2.75) is 90.1 Å². The molecule has 4 aromatic rings. The van der Waals surface area contributed by atoms with Crippen LogP contribution < -0.4 is 4.74 Å². The van der Waals surface area contributed by atoms with Crippen molar-refractivity contribution in [1.82, 2.24) is 0 Å². The molecule has 0 radical (unpaired) electrons. The Bertz CT molecular complexity index is 2040. The van der Waals surface area contributed by atoms with Crippen LogP contribution in [-0.4, -0.2) is 36.1 Å². The van der Waals surface area contributed by atoms with Crippen molar-refractivity contribution < 1.29 is 38.2 Å². The highest BCUT2D eigenvalue weighted by atomic mass is 16.6. The molecule has 290 valence electrons. The van der Waals surface area contributed by atoms with Crippen molar-refractivity contribution in [3.8, 4) is 5.75 Å². The van der Waals surface area contributed by atoms with Crippen molar-refractivity contribution in [2.24, 2.45) is 23.7 Å². The Hall–Kier alpha value is -5.37. The van der Waals surface area contributed by atoms with E-state index in [1.165, 1.54) is 93.8 Å². The van der Waals surface area contributed by atoms with Gasteiger partial charge in [-0.05, 0) is 104 Å². The molecule has 0 spiro atoms. The first kappa shape index (κ1) is 38.9. The van der Waals surface area contributed by atoms with Crippen LogP contribution in [0.5, 0.6) is 5.75 Å². The van der Waals surface area contributed by atoms with Crippen LogP contribution in [0.3, 0.4) is 0 Å². The number of benzene rings is 4. The summed E-state index contributed by atoms with van der Waals surface area (Å²) >= 11 is 0. The van der Waals surface area contributed by atoms with Crippen LogP contribution in [0.15, 0.2) is 97.1 Å². The van der Waals surface area contributed by atoms with Gasteiger partial charge in [-0.3, -0.25) is 14.4 Å². The summed E-state index contributed by atoms with van der Waals surface area (Å²) in [6, 6.07) is 26.1. The quantitative estimate of drug-likeness (QED) is 0.0663. The highest BCUT2D eigenvalue weighted by Gasteiger charge is 2.35. The van der Waals surface area contributed by atoms with Crippen LogP contribution in [-0.2, 0) is 14.3 Å². The smallest absolute Gasteiger partial charge is 0.343 e. The molecular formula is C48H50O8. The molecule has 56 heavy (non-hydrogen) atoms. The fourth-order valence-electron chi connectivity index (χ4n) is 8.85. The fourth-order valence-corrected chi connectivity index (χ4v) is 8.85. The summed E-state index contributed by atoms with van der Waals surface area (Å²) in [5.41, 5.74) is 2.10. The van der Waals surface area contributed by atoms with E-state index in [0.29, 0.717) is 17.0 Å². The normalized spacial score (nSPS) is 20.9. The number of esters is 3. The molecule has 1 unspecified atom stereocenters. The highest BCUT2D eigenvalue weighted by molar-refractivity contribution is 6.28. The van der Waals surface area contributed by atoms with E-state index in [1.807, 2.05) is 30.3 Å². The minimum Gasteiger partial charge on any atom is -0.458 e. The molecule has 2 saturated carbocycles. The predicted molar refractivity (Wildman–Crippen MR) is 212 cm³/mol. The van der Waals surface area contributed by atoms with Crippen molar-refractivity contribution in [2.75, 3.05) is 6.61 Å². The second kappa shape index (κ2) is 18.1. The number of ketones is 2. The lowest BCUT2D eigenvalue weighted by atomic mass is 9.68. The molecule has 8 nitrogen and oxygen atoms in total. The minimum atomic E-state index is -0.749. The first-order valence-corrected chi connectivity index (χ1v) is 20.4. The zero-order valence-corrected chi connectivity index (χ0v) is 32.1. The number of hydrogen-bond acceptors (Lipinski definition) is 8. The van der Waals surface area contributed by atoms with Crippen molar-refractivity contribution in [3.63, 3.8) is 0 Å². The van der Waals surface area contributed by atoms with E-state index in [1.54, 1.807) is 24.3 Å². The van der Waals surface area contributed by atoms with Gasteiger partial charge in [0, 0.05) is 22.3 Å². The number of carbonyl (C=O) groups is 5. The summed E-state index contributed by atoms with van der Waals surface area (Å²) < 4.78 is 17.3. The maximum Gasteiger partial charge on any atom is 0.343 e. The number of ether oxygens (including phenoxy) is 3. The Morgan fingerprint density at radius 3 is 1.88 bits per heavy atom. The van der Waals surface area contributed by atoms with E-state index in [9.17, 15) is 24.0 Å². The average molecular weight is 755 g/mol. The fraction of sp³-hybridized carbons (Fsp3) is 0.396. The third-order valence-corrected chi connectivity index (χ3v) is 12.1. The van der Waals surface area contributed by atoms with E-state index < -0.39 is 18.0 Å². The van der Waals surface area contributed by atoms with Crippen molar-refractivity contribution >= 4 is 29.5 Å². The molecule has 1 atom stereocenters. The monoisotopic (exact) mass is 754 g/mol. The Kier molecular flexibility index (Phi) is 12.5. The standard InChI is InChI=1S/C48H50O8/c1-2-3-5-10-31-15-17-32(18-16-31)33-19-21-36(22-20-33)47(52)56-43(34-11-6-4-7-12-34)30-54-46(51)35-23-26-38(27-24-35)55-48(53)37-25-28-41-42(29-37)45(50)40-14-9-8-13-39(40)44(41)49/h4,6-9,11-14,23-29,31-33,36,43H,2-3,5,10,15-22,30H2,1H3/t31-,32+,33?,36?,43?. The Morgan fingerprint density at radius 1 is 0.625 bits per heavy atom. The molecule has 3 aliphatic rings. The molecule has 0 aliphatic heterocycles. The van der Waals surface area contributed by atoms with E-state index in [0.717, 1.165) is 43.1 Å². The summed E-state index contributed by atoms with van der Waals surface area (Å²) in [5, 5.41) is 0. The minimum absolute atomic E-state index is 0.109. The number of rotatable bonds is 13. The zero-order valence-electron chi connectivity index (χ0n) is 32.1. The first-order valence-electron chi connectivity index (χ1n) is 20.4. The van der Waals surface area contributed by atoms with Gasteiger partial charge in [0.15, 0.2) is 17.7 Å². The maximum atomic E-state index is 13.5.